The minimum Gasteiger partial charge on any atom is -0.336 e. The van der Waals surface area contributed by atoms with Crippen molar-refractivity contribution in [2.45, 2.75) is 31.7 Å². The highest BCUT2D eigenvalue weighted by Gasteiger charge is 2.40. The zero-order chi connectivity index (χ0) is 9.97. The van der Waals surface area contributed by atoms with E-state index in [0.717, 1.165) is 32.2 Å². The van der Waals surface area contributed by atoms with Gasteiger partial charge in [0.25, 0.3) is 0 Å². The number of hydrogen-bond donors (Lipinski definition) is 0. The summed E-state index contributed by atoms with van der Waals surface area (Å²) in [5, 5.41) is 0. The quantitative estimate of drug-likeness (QED) is 0.481. The van der Waals surface area contributed by atoms with Gasteiger partial charge in [-0.25, -0.2) is 0 Å². The van der Waals surface area contributed by atoms with Gasteiger partial charge in [-0.2, -0.15) is 0 Å². The third-order valence-corrected chi connectivity index (χ3v) is 3.12. The van der Waals surface area contributed by atoms with Gasteiger partial charge in [0.1, 0.15) is 0 Å². The van der Waals surface area contributed by atoms with Crippen molar-refractivity contribution in [3.63, 3.8) is 0 Å². The van der Waals surface area contributed by atoms with Crippen molar-refractivity contribution in [3.8, 4) is 0 Å². The smallest absolute Gasteiger partial charge is 0.230 e. The molecule has 2 rings (SSSR count). The molecule has 1 saturated heterocycles. The largest absolute Gasteiger partial charge is 0.336 e. The number of hydrogen-bond acceptors (Lipinski definition) is 1. The van der Waals surface area contributed by atoms with Crippen molar-refractivity contribution in [1.29, 1.82) is 0 Å². The van der Waals surface area contributed by atoms with E-state index >= 15 is 0 Å². The second-order valence-electron chi connectivity index (χ2n) is 4.11. The third kappa shape index (κ3) is 1.61. The summed E-state index contributed by atoms with van der Waals surface area (Å²) in [5.41, 5.74) is 0. The molecule has 0 spiro atoms. The van der Waals surface area contributed by atoms with E-state index < -0.39 is 0 Å². The molecular formula is C12H17NO. The Bertz CT molecular complexity index is 269. The number of unbranched alkanes of at least 4 members (excludes halogenated alkanes) is 2. The van der Waals surface area contributed by atoms with Crippen LogP contribution in [0, 0.1) is 5.92 Å². The number of amides is 1. The second kappa shape index (κ2) is 3.99. The van der Waals surface area contributed by atoms with Crippen LogP contribution in [0.3, 0.4) is 0 Å². The van der Waals surface area contributed by atoms with Crippen LogP contribution in [0.4, 0.5) is 0 Å². The summed E-state index contributed by atoms with van der Waals surface area (Å²) in [6.45, 7) is 4.62. The van der Waals surface area contributed by atoms with Gasteiger partial charge in [0, 0.05) is 6.54 Å². The molecule has 76 valence electrons. The maximum Gasteiger partial charge on any atom is 0.230 e. The molecule has 2 nitrogen and oxygen atoms in total. The molecule has 0 unspecified atom stereocenters. The van der Waals surface area contributed by atoms with E-state index in [1.807, 2.05) is 11.0 Å². The first-order valence-electron chi connectivity index (χ1n) is 5.42. The van der Waals surface area contributed by atoms with Gasteiger partial charge in [0.05, 0.1) is 12.0 Å². The number of allylic oxidation sites excluding steroid dienone is 1. The van der Waals surface area contributed by atoms with Gasteiger partial charge in [0.2, 0.25) is 5.91 Å². The van der Waals surface area contributed by atoms with E-state index in [-0.39, 0.29) is 5.92 Å². The van der Waals surface area contributed by atoms with Crippen molar-refractivity contribution in [2.75, 3.05) is 6.54 Å². The molecule has 0 N–H and O–H groups in total. The van der Waals surface area contributed by atoms with Gasteiger partial charge >= 0.3 is 0 Å². The van der Waals surface area contributed by atoms with E-state index in [1.54, 1.807) is 0 Å². The number of carbonyl (C=O) groups excluding carboxylic acids is 1. The lowest BCUT2D eigenvalue weighted by molar-refractivity contribution is -0.131. The first kappa shape index (κ1) is 9.50. The maximum atomic E-state index is 11.7. The van der Waals surface area contributed by atoms with Crippen molar-refractivity contribution in [1.82, 2.24) is 4.90 Å². The van der Waals surface area contributed by atoms with Crippen LogP contribution in [0.2, 0.25) is 0 Å². The molecule has 0 radical (unpaired) electrons. The lowest BCUT2D eigenvalue weighted by Gasteiger charge is -2.23. The Kier molecular flexibility index (Phi) is 2.71. The number of likely N-dealkylation sites (tertiary alicyclic amines) is 1. The van der Waals surface area contributed by atoms with Crippen molar-refractivity contribution in [3.05, 3.63) is 24.8 Å². The number of fused-ring (bicyclic) bond motifs is 2. The zero-order valence-electron chi connectivity index (χ0n) is 8.48. The van der Waals surface area contributed by atoms with Crippen LogP contribution < -0.4 is 0 Å². The van der Waals surface area contributed by atoms with Crippen LogP contribution in [0.25, 0.3) is 0 Å². The highest BCUT2D eigenvalue weighted by Crippen LogP contribution is 2.32. The number of nitrogens with zero attached hydrogens (tertiary/aromatic N) is 1. The highest BCUT2D eigenvalue weighted by atomic mass is 16.2. The summed E-state index contributed by atoms with van der Waals surface area (Å²) < 4.78 is 0. The van der Waals surface area contributed by atoms with Crippen molar-refractivity contribution in [2.24, 2.45) is 5.92 Å². The standard InChI is InChI=1S/C12H17NO/c1-2-3-4-5-8-13-11-7-6-10(9-11)12(13)14/h2,6-7,10-11H,1,3-5,8-9H2/t10-,11+/m0/s1. The van der Waals surface area contributed by atoms with E-state index in [9.17, 15) is 4.79 Å². The summed E-state index contributed by atoms with van der Waals surface area (Å²) in [6, 6.07) is 0.413. The van der Waals surface area contributed by atoms with E-state index in [0.29, 0.717) is 11.9 Å². The Morgan fingerprint density at radius 1 is 1.50 bits per heavy atom. The third-order valence-electron chi connectivity index (χ3n) is 3.12. The van der Waals surface area contributed by atoms with Gasteiger partial charge in [-0.05, 0) is 25.7 Å². The van der Waals surface area contributed by atoms with Gasteiger partial charge < -0.3 is 4.90 Å². The summed E-state index contributed by atoms with van der Waals surface area (Å²) in [7, 11) is 0. The minimum absolute atomic E-state index is 0.208. The number of rotatable bonds is 5. The fourth-order valence-electron chi connectivity index (χ4n) is 2.32. The van der Waals surface area contributed by atoms with E-state index in [2.05, 4.69) is 18.7 Å². The molecule has 2 atom stereocenters. The lowest BCUT2D eigenvalue weighted by atomic mass is 10.1. The van der Waals surface area contributed by atoms with Crippen LogP contribution in [-0.2, 0) is 4.79 Å². The van der Waals surface area contributed by atoms with E-state index in [4.69, 9.17) is 0 Å². The first-order chi connectivity index (χ1) is 6.83. The lowest BCUT2D eigenvalue weighted by Crippen LogP contribution is -2.35. The molecule has 1 amide bonds. The molecule has 2 bridgehead atoms. The molecule has 2 aliphatic rings. The van der Waals surface area contributed by atoms with Crippen LogP contribution in [0.5, 0.6) is 0 Å². The van der Waals surface area contributed by atoms with Gasteiger partial charge in [-0.1, -0.05) is 18.2 Å². The van der Waals surface area contributed by atoms with Gasteiger partial charge in [0.15, 0.2) is 0 Å². The SMILES string of the molecule is C=CCCCCN1C(=O)[C@H]2C=C[C@@H]1C2. The van der Waals surface area contributed by atoms with Crippen molar-refractivity contribution < 1.29 is 4.79 Å². The summed E-state index contributed by atoms with van der Waals surface area (Å²) in [5.74, 6) is 0.551. The highest BCUT2D eigenvalue weighted by molar-refractivity contribution is 5.85. The Balaban J connectivity index is 1.79. The molecule has 0 saturated carbocycles. The maximum absolute atomic E-state index is 11.7. The van der Waals surface area contributed by atoms with Crippen LogP contribution in [0.1, 0.15) is 25.7 Å². The van der Waals surface area contributed by atoms with Crippen LogP contribution >= 0.6 is 0 Å². The first-order valence-corrected chi connectivity index (χ1v) is 5.42. The zero-order valence-corrected chi connectivity index (χ0v) is 8.48. The Morgan fingerprint density at radius 3 is 3.00 bits per heavy atom. The molecule has 1 aliphatic carbocycles. The molecule has 2 heteroatoms. The van der Waals surface area contributed by atoms with Gasteiger partial charge in [-0.3, -0.25) is 4.79 Å². The molecule has 1 heterocycles. The predicted molar refractivity (Wildman–Crippen MR) is 56.8 cm³/mol. The molecule has 1 fully saturated rings. The summed E-state index contributed by atoms with van der Waals surface area (Å²) in [6.07, 6.45) is 10.5. The van der Waals surface area contributed by atoms with Crippen LogP contribution in [0.15, 0.2) is 24.8 Å². The fraction of sp³-hybridized carbons (Fsp3) is 0.583. The molecule has 14 heavy (non-hydrogen) atoms. The molecule has 0 aromatic heterocycles. The summed E-state index contributed by atoms with van der Waals surface area (Å²) in [4.78, 5) is 13.7. The predicted octanol–water partition coefficient (Wildman–Crippen LogP) is 2.13. The average molecular weight is 191 g/mol. The van der Waals surface area contributed by atoms with Gasteiger partial charge in [-0.15, -0.1) is 6.58 Å². The molecule has 1 aliphatic heterocycles. The normalized spacial score (nSPS) is 28.9. The van der Waals surface area contributed by atoms with Crippen LogP contribution in [-0.4, -0.2) is 23.4 Å². The molecule has 0 aromatic carbocycles. The Labute approximate surface area is 85.3 Å². The topological polar surface area (TPSA) is 20.3 Å². The number of carbonyl (C=O) groups is 1. The Morgan fingerprint density at radius 2 is 2.36 bits per heavy atom. The van der Waals surface area contributed by atoms with E-state index in [1.165, 1.54) is 0 Å². The molecule has 0 aromatic rings. The molecular weight excluding hydrogens is 174 g/mol. The average Bonchev–Trinajstić information content (AvgIpc) is 2.75. The second-order valence-corrected chi connectivity index (χ2v) is 4.11. The summed E-state index contributed by atoms with van der Waals surface area (Å²) >= 11 is 0. The monoisotopic (exact) mass is 191 g/mol. The fourth-order valence-corrected chi connectivity index (χ4v) is 2.32. The van der Waals surface area contributed by atoms with Crippen molar-refractivity contribution >= 4 is 5.91 Å². The minimum atomic E-state index is 0.208. The Hall–Kier alpha value is -1.05.